The van der Waals surface area contributed by atoms with Gasteiger partial charge in [-0.25, -0.2) is 20.8 Å². The molecule has 0 fully saturated rings. The zero-order chi connectivity index (χ0) is 13.1. The van der Waals surface area contributed by atoms with Gasteiger partial charge in [0, 0.05) is 11.8 Å². The van der Waals surface area contributed by atoms with Gasteiger partial charge in [-0.05, 0) is 37.7 Å². The summed E-state index contributed by atoms with van der Waals surface area (Å²) >= 11 is 7.47. The van der Waals surface area contributed by atoms with Gasteiger partial charge in [-0.2, -0.15) is 0 Å². The van der Waals surface area contributed by atoms with E-state index in [4.69, 9.17) is 17.4 Å². The van der Waals surface area contributed by atoms with Crippen LogP contribution in [0, 0.1) is 13.8 Å². The number of nitrogens with one attached hydrogen (secondary N) is 1. The molecule has 5 nitrogen and oxygen atoms in total. The second kappa shape index (κ2) is 5.51. The molecule has 0 amide bonds. The highest BCUT2D eigenvalue weighted by atomic mass is 35.5. The van der Waals surface area contributed by atoms with E-state index >= 15 is 0 Å². The number of anilines is 1. The largest absolute Gasteiger partial charge is 0.308 e. The van der Waals surface area contributed by atoms with Crippen molar-refractivity contribution in [2.24, 2.45) is 5.84 Å². The number of hydrogen-bond donors (Lipinski definition) is 2. The Bertz CT molecular complexity index is 575. The lowest BCUT2D eigenvalue weighted by molar-refractivity contribution is 0.932. The average Bonchev–Trinajstić information content (AvgIpc) is 2.36. The summed E-state index contributed by atoms with van der Waals surface area (Å²) in [6.07, 6.45) is 1.69. The van der Waals surface area contributed by atoms with Gasteiger partial charge in [-0.3, -0.25) is 0 Å². The fraction of sp³-hybridized carbons (Fsp3) is 0.182. The zero-order valence-corrected chi connectivity index (χ0v) is 11.5. The maximum atomic E-state index is 6.07. The van der Waals surface area contributed by atoms with E-state index in [1.807, 2.05) is 13.8 Å². The van der Waals surface area contributed by atoms with Crippen LogP contribution in [-0.4, -0.2) is 15.0 Å². The Kier molecular flexibility index (Phi) is 4.00. The molecule has 0 bridgehead atoms. The Hall–Kier alpha value is -1.37. The molecule has 2 aromatic rings. The van der Waals surface area contributed by atoms with Crippen molar-refractivity contribution >= 4 is 29.2 Å². The molecule has 2 heterocycles. The summed E-state index contributed by atoms with van der Waals surface area (Å²) in [7, 11) is 0. The van der Waals surface area contributed by atoms with Gasteiger partial charge in [0.15, 0.2) is 0 Å². The summed E-state index contributed by atoms with van der Waals surface area (Å²) in [6, 6.07) is 3.58. The Balaban J connectivity index is 2.40. The standard InChI is InChI=1S/C11H12ClN5S/c1-6-9(17-13)15-7(2)16-10(6)18-11-8(12)4-3-5-14-11/h3-5H,13H2,1-2H3,(H,15,16,17). The zero-order valence-electron chi connectivity index (χ0n) is 9.94. The van der Waals surface area contributed by atoms with E-state index in [1.54, 1.807) is 18.3 Å². The number of aromatic nitrogens is 3. The van der Waals surface area contributed by atoms with Crippen LogP contribution in [0.5, 0.6) is 0 Å². The Morgan fingerprint density at radius 1 is 1.28 bits per heavy atom. The van der Waals surface area contributed by atoms with Crippen molar-refractivity contribution in [1.82, 2.24) is 15.0 Å². The molecule has 0 spiro atoms. The summed E-state index contributed by atoms with van der Waals surface area (Å²) in [5.41, 5.74) is 3.43. The normalized spacial score (nSPS) is 10.4. The Morgan fingerprint density at radius 3 is 2.72 bits per heavy atom. The first-order valence-electron chi connectivity index (χ1n) is 5.22. The van der Waals surface area contributed by atoms with Gasteiger partial charge < -0.3 is 5.43 Å². The first-order chi connectivity index (χ1) is 8.61. The minimum absolute atomic E-state index is 0.598. The van der Waals surface area contributed by atoms with Crippen molar-refractivity contribution in [2.75, 3.05) is 5.43 Å². The molecule has 94 valence electrons. The van der Waals surface area contributed by atoms with E-state index in [2.05, 4.69) is 20.4 Å². The highest BCUT2D eigenvalue weighted by Crippen LogP contribution is 2.33. The molecule has 0 aliphatic rings. The number of rotatable bonds is 3. The topological polar surface area (TPSA) is 76.7 Å². The van der Waals surface area contributed by atoms with Gasteiger partial charge in [0.2, 0.25) is 0 Å². The van der Waals surface area contributed by atoms with Crippen molar-refractivity contribution in [3.8, 4) is 0 Å². The third kappa shape index (κ3) is 2.72. The molecule has 0 unspecified atom stereocenters. The number of nitrogen functional groups attached to an aromatic ring is 1. The minimum Gasteiger partial charge on any atom is -0.308 e. The van der Waals surface area contributed by atoms with E-state index in [9.17, 15) is 0 Å². The van der Waals surface area contributed by atoms with Crippen molar-refractivity contribution in [3.05, 3.63) is 34.7 Å². The van der Waals surface area contributed by atoms with Crippen LogP contribution in [0.4, 0.5) is 5.82 Å². The SMILES string of the molecule is Cc1nc(NN)c(C)c(Sc2ncccc2Cl)n1. The predicted molar refractivity (Wildman–Crippen MR) is 72.7 cm³/mol. The Labute approximate surface area is 114 Å². The van der Waals surface area contributed by atoms with Crippen LogP contribution >= 0.6 is 23.4 Å². The van der Waals surface area contributed by atoms with E-state index in [0.717, 1.165) is 10.6 Å². The Morgan fingerprint density at radius 2 is 2.06 bits per heavy atom. The second-order valence-corrected chi connectivity index (χ2v) is 4.97. The third-order valence-corrected chi connectivity index (χ3v) is 3.79. The number of halogens is 1. The van der Waals surface area contributed by atoms with E-state index in [1.165, 1.54) is 11.8 Å². The van der Waals surface area contributed by atoms with Crippen LogP contribution < -0.4 is 11.3 Å². The molecule has 0 aliphatic carbocycles. The van der Waals surface area contributed by atoms with Gasteiger partial charge in [0.1, 0.15) is 21.7 Å². The highest BCUT2D eigenvalue weighted by molar-refractivity contribution is 7.99. The summed E-state index contributed by atoms with van der Waals surface area (Å²) in [4.78, 5) is 12.8. The third-order valence-electron chi connectivity index (χ3n) is 2.27. The van der Waals surface area contributed by atoms with Crippen LogP contribution in [-0.2, 0) is 0 Å². The van der Waals surface area contributed by atoms with Gasteiger partial charge in [-0.15, -0.1) is 0 Å². The van der Waals surface area contributed by atoms with Crippen LogP contribution in [0.15, 0.2) is 28.4 Å². The fourth-order valence-electron chi connectivity index (χ4n) is 1.38. The molecule has 2 aromatic heterocycles. The highest BCUT2D eigenvalue weighted by Gasteiger charge is 2.12. The van der Waals surface area contributed by atoms with Crippen LogP contribution in [0.25, 0.3) is 0 Å². The quantitative estimate of drug-likeness (QED) is 0.512. The van der Waals surface area contributed by atoms with Gasteiger partial charge in [0.25, 0.3) is 0 Å². The predicted octanol–water partition coefficient (Wildman–Crippen LogP) is 2.58. The maximum Gasteiger partial charge on any atom is 0.147 e. The number of nitrogens with zero attached hydrogens (tertiary/aromatic N) is 3. The number of hydrogen-bond acceptors (Lipinski definition) is 6. The maximum absolute atomic E-state index is 6.07. The van der Waals surface area contributed by atoms with E-state index in [0.29, 0.717) is 21.7 Å². The number of nitrogens with two attached hydrogens (primary N) is 1. The fourth-order valence-corrected chi connectivity index (χ4v) is 2.51. The lowest BCUT2D eigenvalue weighted by Crippen LogP contribution is -2.12. The molecule has 18 heavy (non-hydrogen) atoms. The number of pyridine rings is 1. The molecule has 0 atom stereocenters. The molecular weight excluding hydrogens is 270 g/mol. The first-order valence-corrected chi connectivity index (χ1v) is 6.41. The molecule has 0 radical (unpaired) electrons. The first kappa shape index (κ1) is 13.1. The summed E-state index contributed by atoms with van der Waals surface area (Å²) in [5, 5.41) is 2.10. The van der Waals surface area contributed by atoms with Crippen molar-refractivity contribution in [3.63, 3.8) is 0 Å². The second-order valence-electron chi connectivity index (χ2n) is 3.59. The van der Waals surface area contributed by atoms with Gasteiger partial charge in [0.05, 0.1) is 5.02 Å². The van der Waals surface area contributed by atoms with Crippen LogP contribution in [0.2, 0.25) is 5.02 Å². The van der Waals surface area contributed by atoms with Gasteiger partial charge >= 0.3 is 0 Å². The van der Waals surface area contributed by atoms with Crippen LogP contribution in [0.1, 0.15) is 11.4 Å². The summed E-state index contributed by atoms with van der Waals surface area (Å²) in [6.45, 7) is 3.71. The van der Waals surface area contributed by atoms with E-state index < -0.39 is 0 Å². The summed E-state index contributed by atoms with van der Waals surface area (Å²) in [5.74, 6) is 6.67. The van der Waals surface area contributed by atoms with Crippen molar-refractivity contribution < 1.29 is 0 Å². The minimum atomic E-state index is 0.598. The lowest BCUT2D eigenvalue weighted by Gasteiger charge is -2.10. The lowest BCUT2D eigenvalue weighted by atomic mass is 10.3. The molecule has 7 heteroatoms. The molecule has 0 saturated carbocycles. The van der Waals surface area contributed by atoms with Crippen LogP contribution in [0.3, 0.4) is 0 Å². The molecule has 0 aromatic carbocycles. The van der Waals surface area contributed by atoms with Crippen molar-refractivity contribution in [2.45, 2.75) is 23.9 Å². The molecule has 2 rings (SSSR count). The molecule has 3 N–H and O–H groups in total. The smallest absolute Gasteiger partial charge is 0.147 e. The summed E-state index contributed by atoms with van der Waals surface area (Å²) < 4.78 is 0. The molecule has 0 aliphatic heterocycles. The monoisotopic (exact) mass is 281 g/mol. The number of hydrazine groups is 1. The van der Waals surface area contributed by atoms with Gasteiger partial charge in [-0.1, -0.05) is 11.6 Å². The van der Waals surface area contributed by atoms with Crippen molar-refractivity contribution in [1.29, 1.82) is 0 Å². The average molecular weight is 282 g/mol. The molecule has 0 saturated heterocycles. The number of aryl methyl sites for hydroxylation is 1. The molecular formula is C11H12ClN5S. The van der Waals surface area contributed by atoms with E-state index in [-0.39, 0.29) is 0 Å².